The van der Waals surface area contributed by atoms with Crippen molar-refractivity contribution < 1.29 is 14.6 Å². The van der Waals surface area contributed by atoms with Crippen LogP contribution in [-0.2, 0) is 10.3 Å². The maximum atomic E-state index is 12.4. The molecule has 112 valence electrons. The van der Waals surface area contributed by atoms with Gasteiger partial charge in [-0.25, -0.2) is 4.79 Å². The van der Waals surface area contributed by atoms with E-state index in [1.807, 2.05) is 27.7 Å². The zero-order valence-electron chi connectivity index (χ0n) is 12.4. The highest BCUT2D eigenvalue weighted by Gasteiger charge is 2.45. The van der Waals surface area contributed by atoms with Gasteiger partial charge < -0.3 is 9.84 Å². The van der Waals surface area contributed by atoms with Crippen LogP contribution in [0.15, 0.2) is 6.20 Å². The van der Waals surface area contributed by atoms with Crippen molar-refractivity contribution in [1.82, 2.24) is 20.3 Å². The smallest absolute Gasteiger partial charge is 0.411 e. The van der Waals surface area contributed by atoms with E-state index in [1.165, 1.54) is 0 Å². The number of aromatic amines is 1. The Morgan fingerprint density at radius 3 is 2.85 bits per heavy atom. The number of carbonyl (C=O) groups excluding carboxylic acids is 1. The van der Waals surface area contributed by atoms with E-state index in [9.17, 15) is 9.90 Å². The summed E-state index contributed by atoms with van der Waals surface area (Å²) in [5.41, 5.74) is -0.646. The van der Waals surface area contributed by atoms with Crippen LogP contribution in [0.2, 0.25) is 0 Å². The van der Waals surface area contributed by atoms with Crippen LogP contribution >= 0.6 is 0 Å². The molecule has 0 spiro atoms. The summed E-state index contributed by atoms with van der Waals surface area (Å²) in [6.45, 7) is 7.79. The molecule has 1 aliphatic rings. The first kappa shape index (κ1) is 14.8. The summed E-state index contributed by atoms with van der Waals surface area (Å²) < 4.78 is 5.45. The minimum absolute atomic E-state index is 0.394. The number of H-pyrrole nitrogens is 1. The maximum Gasteiger partial charge on any atom is 0.411 e. The first-order valence-corrected chi connectivity index (χ1v) is 6.78. The number of nitrogens with one attached hydrogen (secondary N) is 1. The van der Waals surface area contributed by atoms with Gasteiger partial charge in [0, 0.05) is 19.2 Å². The van der Waals surface area contributed by atoms with Gasteiger partial charge in [-0.05, 0) is 34.1 Å². The van der Waals surface area contributed by atoms with Crippen molar-refractivity contribution in [3.8, 4) is 0 Å². The van der Waals surface area contributed by atoms with Crippen LogP contribution in [-0.4, -0.2) is 49.8 Å². The standard InChI is InChI=1S/C13H22N4O3/c1-12(2,3)20-11(19)17-6-5-9(18)7-13(17,4)10-8-14-16-15-10/h8-9,18H,5-7H2,1-4H3,(H,14,15,16). The van der Waals surface area contributed by atoms with Crippen LogP contribution < -0.4 is 0 Å². The lowest BCUT2D eigenvalue weighted by atomic mass is 9.84. The molecule has 2 atom stereocenters. The molecule has 1 saturated heterocycles. The molecule has 0 saturated carbocycles. The quantitative estimate of drug-likeness (QED) is 0.812. The number of hydrogen-bond acceptors (Lipinski definition) is 5. The van der Waals surface area contributed by atoms with E-state index in [0.29, 0.717) is 25.1 Å². The summed E-state index contributed by atoms with van der Waals surface area (Å²) in [6, 6.07) is 0. The Balaban J connectivity index is 2.27. The molecule has 0 radical (unpaired) electrons. The van der Waals surface area contributed by atoms with E-state index in [4.69, 9.17) is 4.74 Å². The van der Waals surface area contributed by atoms with Crippen LogP contribution in [0.5, 0.6) is 0 Å². The highest BCUT2D eigenvalue weighted by Crippen LogP contribution is 2.37. The molecule has 2 heterocycles. The molecule has 2 rings (SSSR count). The molecule has 7 heteroatoms. The van der Waals surface area contributed by atoms with E-state index in [1.54, 1.807) is 11.1 Å². The van der Waals surface area contributed by atoms with Crippen molar-refractivity contribution in [2.45, 2.75) is 57.8 Å². The predicted octanol–water partition coefficient (Wildman–Crippen LogP) is 1.41. The molecular weight excluding hydrogens is 260 g/mol. The highest BCUT2D eigenvalue weighted by molar-refractivity contribution is 5.69. The Morgan fingerprint density at radius 2 is 2.30 bits per heavy atom. The number of hydrogen-bond donors (Lipinski definition) is 2. The maximum absolute atomic E-state index is 12.4. The summed E-state index contributed by atoms with van der Waals surface area (Å²) >= 11 is 0. The lowest BCUT2D eigenvalue weighted by Gasteiger charge is -2.45. The molecule has 0 aromatic carbocycles. The molecule has 1 aliphatic heterocycles. The highest BCUT2D eigenvalue weighted by atomic mass is 16.6. The second-order valence-corrected chi connectivity index (χ2v) is 6.41. The van der Waals surface area contributed by atoms with E-state index in [0.717, 1.165) is 0 Å². The summed E-state index contributed by atoms with van der Waals surface area (Å²) in [6.07, 6.45) is 1.74. The van der Waals surface area contributed by atoms with Crippen molar-refractivity contribution in [3.05, 3.63) is 11.9 Å². The number of likely N-dealkylation sites (tertiary alicyclic amines) is 1. The lowest BCUT2D eigenvalue weighted by Crippen LogP contribution is -2.55. The first-order valence-electron chi connectivity index (χ1n) is 6.78. The second-order valence-electron chi connectivity index (χ2n) is 6.41. The third-order valence-corrected chi connectivity index (χ3v) is 3.50. The lowest BCUT2D eigenvalue weighted by molar-refractivity contribution is -0.0404. The third kappa shape index (κ3) is 2.92. The van der Waals surface area contributed by atoms with Crippen LogP contribution in [0, 0.1) is 0 Å². The largest absolute Gasteiger partial charge is 0.444 e. The molecule has 0 aliphatic carbocycles. The van der Waals surface area contributed by atoms with Gasteiger partial charge >= 0.3 is 6.09 Å². The monoisotopic (exact) mass is 282 g/mol. The minimum Gasteiger partial charge on any atom is -0.444 e. The Bertz CT molecular complexity index is 468. The van der Waals surface area contributed by atoms with Crippen molar-refractivity contribution in [2.75, 3.05) is 6.54 Å². The Morgan fingerprint density at radius 1 is 1.60 bits per heavy atom. The number of aliphatic hydroxyl groups is 1. The number of ether oxygens (including phenoxy) is 1. The molecule has 1 aromatic heterocycles. The van der Waals surface area contributed by atoms with Crippen molar-refractivity contribution in [3.63, 3.8) is 0 Å². The van der Waals surface area contributed by atoms with Gasteiger partial charge in [-0.1, -0.05) is 5.21 Å². The summed E-state index contributed by atoms with van der Waals surface area (Å²) in [7, 11) is 0. The summed E-state index contributed by atoms with van der Waals surface area (Å²) in [4.78, 5) is 14.0. The van der Waals surface area contributed by atoms with Crippen molar-refractivity contribution in [1.29, 1.82) is 0 Å². The fourth-order valence-corrected chi connectivity index (χ4v) is 2.51. The van der Waals surface area contributed by atoms with Gasteiger partial charge in [-0.3, -0.25) is 10.00 Å². The van der Waals surface area contributed by atoms with Crippen LogP contribution in [0.25, 0.3) is 0 Å². The second kappa shape index (κ2) is 5.05. The van der Waals surface area contributed by atoms with E-state index < -0.39 is 23.3 Å². The van der Waals surface area contributed by atoms with Gasteiger partial charge in [-0.15, -0.1) is 5.10 Å². The molecule has 20 heavy (non-hydrogen) atoms. The minimum atomic E-state index is -0.715. The average molecular weight is 282 g/mol. The normalized spacial score (nSPS) is 27.4. The van der Waals surface area contributed by atoms with Crippen LogP contribution in [0.3, 0.4) is 0 Å². The van der Waals surface area contributed by atoms with E-state index >= 15 is 0 Å². The SMILES string of the molecule is CC(C)(C)OC(=O)N1CCC(O)CC1(C)c1c[nH]nn1. The van der Waals surface area contributed by atoms with Gasteiger partial charge in [0.1, 0.15) is 11.3 Å². The predicted molar refractivity (Wildman–Crippen MR) is 71.9 cm³/mol. The number of piperidine rings is 1. The number of nitrogens with zero attached hydrogens (tertiary/aromatic N) is 3. The number of carbonyl (C=O) groups is 1. The molecule has 0 bridgehead atoms. The molecular formula is C13H22N4O3. The van der Waals surface area contributed by atoms with Gasteiger partial charge in [0.2, 0.25) is 0 Å². The van der Waals surface area contributed by atoms with Gasteiger partial charge in [0.05, 0.1) is 11.6 Å². The Labute approximate surface area is 118 Å². The first-order chi connectivity index (χ1) is 9.22. The fourth-order valence-electron chi connectivity index (χ4n) is 2.51. The molecule has 2 N–H and O–H groups in total. The summed E-state index contributed by atoms with van der Waals surface area (Å²) in [5.74, 6) is 0. The average Bonchev–Trinajstić information content (AvgIpc) is 2.79. The number of aromatic nitrogens is 3. The molecule has 1 fully saturated rings. The van der Waals surface area contributed by atoms with Gasteiger partial charge in [0.25, 0.3) is 0 Å². The Hall–Kier alpha value is -1.63. The number of rotatable bonds is 1. The number of aliphatic hydroxyl groups excluding tert-OH is 1. The third-order valence-electron chi connectivity index (χ3n) is 3.50. The Kier molecular flexibility index (Phi) is 3.73. The fraction of sp³-hybridized carbons (Fsp3) is 0.769. The van der Waals surface area contributed by atoms with Crippen LogP contribution in [0.4, 0.5) is 4.79 Å². The molecule has 1 amide bonds. The molecule has 7 nitrogen and oxygen atoms in total. The van der Waals surface area contributed by atoms with Crippen molar-refractivity contribution >= 4 is 6.09 Å². The zero-order chi connectivity index (χ0) is 15.0. The van der Waals surface area contributed by atoms with Gasteiger partial charge in [-0.2, -0.15) is 0 Å². The van der Waals surface area contributed by atoms with Gasteiger partial charge in [0.15, 0.2) is 0 Å². The summed E-state index contributed by atoms with van der Waals surface area (Å²) in [5, 5.41) is 20.3. The number of amides is 1. The van der Waals surface area contributed by atoms with Crippen LogP contribution in [0.1, 0.15) is 46.2 Å². The topological polar surface area (TPSA) is 91.3 Å². The molecule has 2 unspecified atom stereocenters. The van der Waals surface area contributed by atoms with Crippen molar-refractivity contribution in [2.24, 2.45) is 0 Å². The van der Waals surface area contributed by atoms with E-state index in [-0.39, 0.29) is 0 Å². The molecule has 1 aromatic rings. The van der Waals surface area contributed by atoms with E-state index in [2.05, 4.69) is 15.4 Å². The zero-order valence-corrected chi connectivity index (χ0v) is 12.4.